The van der Waals surface area contributed by atoms with Gasteiger partial charge in [-0.2, -0.15) is 0 Å². The zero-order valence-corrected chi connectivity index (χ0v) is 12.2. The molecule has 0 fully saturated rings. The van der Waals surface area contributed by atoms with Gasteiger partial charge in [-0.1, -0.05) is 12.1 Å². The minimum Gasteiger partial charge on any atom is -0.506 e. The zero-order valence-electron chi connectivity index (χ0n) is 8.62. The van der Waals surface area contributed by atoms with E-state index in [-0.39, 0.29) is 5.75 Å². The van der Waals surface area contributed by atoms with Gasteiger partial charge in [0.2, 0.25) is 0 Å². The first-order valence-corrected chi connectivity index (χ1v) is 6.56. The number of aromatic hydroxyl groups is 1. The van der Waals surface area contributed by atoms with Gasteiger partial charge in [0, 0.05) is 30.7 Å². The molecule has 0 atom stereocenters. The largest absolute Gasteiger partial charge is 0.506 e. The molecule has 17 heavy (non-hydrogen) atoms. The molecule has 2 rings (SSSR count). The highest BCUT2D eigenvalue weighted by atomic mass is 32.1. The van der Waals surface area contributed by atoms with Gasteiger partial charge in [0.25, 0.3) is 0 Å². The van der Waals surface area contributed by atoms with Crippen molar-refractivity contribution in [3.8, 4) is 16.9 Å². The standard InChI is InChI=1S/C12H10OS4/c13-12-7(2-1-3-8(12)15)11-9(16)4-6(14)5-10(11)17/h1-5,13-17H. The molecule has 0 saturated heterocycles. The Labute approximate surface area is 122 Å². The van der Waals surface area contributed by atoms with Crippen molar-refractivity contribution in [1.29, 1.82) is 0 Å². The van der Waals surface area contributed by atoms with Crippen LogP contribution in [0.5, 0.6) is 5.75 Å². The van der Waals surface area contributed by atoms with Crippen LogP contribution in [-0.2, 0) is 0 Å². The van der Waals surface area contributed by atoms with Gasteiger partial charge in [0.1, 0.15) is 5.75 Å². The van der Waals surface area contributed by atoms with E-state index in [1.165, 1.54) is 0 Å². The molecule has 0 radical (unpaired) electrons. The molecule has 2 aromatic carbocycles. The molecule has 0 aliphatic heterocycles. The Balaban J connectivity index is 2.73. The van der Waals surface area contributed by atoms with Crippen LogP contribution in [0.25, 0.3) is 11.1 Å². The van der Waals surface area contributed by atoms with Gasteiger partial charge in [-0.15, -0.1) is 50.5 Å². The number of thiol groups is 4. The van der Waals surface area contributed by atoms with Crippen molar-refractivity contribution in [1.82, 2.24) is 0 Å². The second-order valence-electron chi connectivity index (χ2n) is 3.53. The van der Waals surface area contributed by atoms with Gasteiger partial charge >= 0.3 is 0 Å². The fourth-order valence-electron chi connectivity index (χ4n) is 1.61. The molecule has 5 heteroatoms. The van der Waals surface area contributed by atoms with Crippen LogP contribution >= 0.6 is 50.5 Å². The molecule has 88 valence electrons. The first-order chi connectivity index (χ1) is 8.00. The molecule has 0 aromatic heterocycles. The van der Waals surface area contributed by atoms with Crippen molar-refractivity contribution in [2.75, 3.05) is 0 Å². The van der Waals surface area contributed by atoms with Crippen molar-refractivity contribution in [3.05, 3.63) is 30.3 Å². The van der Waals surface area contributed by atoms with Crippen molar-refractivity contribution in [3.63, 3.8) is 0 Å². The van der Waals surface area contributed by atoms with Crippen LogP contribution in [0.3, 0.4) is 0 Å². The van der Waals surface area contributed by atoms with Crippen molar-refractivity contribution >= 4 is 50.5 Å². The number of hydrogen-bond acceptors (Lipinski definition) is 5. The summed E-state index contributed by atoms with van der Waals surface area (Å²) in [6.07, 6.45) is 0. The third-order valence-electron chi connectivity index (χ3n) is 2.37. The van der Waals surface area contributed by atoms with Crippen LogP contribution in [0, 0.1) is 0 Å². The number of para-hydroxylation sites is 1. The summed E-state index contributed by atoms with van der Waals surface area (Å²) >= 11 is 17.2. The van der Waals surface area contributed by atoms with Gasteiger partial charge in [-0.25, -0.2) is 0 Å². The molecular formula is C12H10OS4. The Bertz CT molecular complexity index is 558. The summed E-state index contributed by atoms with van der Waals surface area (Å²) in [5.41, 5.74) is 1.45. The van der Waals surface area contributed by atoms with E-state index < -0.39 is 0 Å². The summed E-state index contributed by atoms with van der Waals surface area (Å²) in [7, 11) is 0. The first kappa shape index (κ1) is 13.1. The summed E-state index contributed by atoms with van der Waals surface area (Å²) in [6.45, 7) is 0. The quantitative estimate of drug-likeness (QED) is 0.500. The highest BCUT2D eigenvalue weighted by molar-refractivity contribution is 7.82. The van der Waals surface area contributed by atoms with Crippen LogP contribution in [-0.4, -0.2) is 5.11 Å². The topological polar surface area (TPSA) is 20.2 Å². The average molecular weight is 298 g/mol. The van der Waals surface area contributed by atoms with E-state index in [1.54, 1.807) is 6.07 Å². The third-order valence-corrected chi connectivity index (χ3v) is 3.69. The lowest BCUT2D eigenvalue weighted by atomic mass is 10.0. The van der Waals surface area contributed by atoms with Gasteiger partial charge in [-0.05, 0) is 18.2 Å². The molecule has 0 unspecified atom stereocenters. The fourth-order valence-corrected chi connectivity index (χ4v) is 3.12. The summed E-state index contributed by atoms with van der Waals surface area (Å²) in [4.78, 5) is 2.75. The molecule has 2 aromatic rings. The lowest BCUT2D eigenvalue weighted by Gasteiger charge is -2.12. The van der Waals surface area contributed by atoms with Crippen LogP contribution in [0.2, 0.25) is 0 Å². The van der Waals surface area contributed by atoms with E-state index in [0.29, 0.717) is 10.5 Å². The maximum Gasteiger partial charge on any atom is 0.136 e. The van der Waals surface area contributed by atoms with E-state index in [2.05, 4.69) is 50.5 Å². The molecule has 1 nitrogen and oxygen atoms in total. The lowest BCUT2D eigenvalue weighted by Crippen LogP contribution is -1.86. The van der Waals surface area contributed by atoms with E-state index in [4.69, 9.17) is 0 Å². The molecule has 0 heterocycles. The Kier molecular flexibility index (Phi) is 3.92. The Morgan fingerprint density at radius 1 is 0.824 bits per heavy atom. The molecular weight excluding hydrogens is 288 g/mol. The van der Waals surface area contributed by atoms with E-state index in [0.717, 1.165) is 20.2 Å². The highest BCUT2D eigenvalue weighted by Crippen LogP contribution is 2.41. The summed E-state index contributed by atoms with van der Waals surface area (Å²) in [5.74, 6) is 0.133. The molecule has 0 bridgehead atoms. The van der Waals surface area contributed by atoms with Gasteiger partial charge in [0.15, 0.2) is 0 Å². The van der Waals surface area contributed by atoms with Crippen molar-refractivity contribution in [2.45, 2.75) is 19.6 Å². The minimum absolute atomic E-state index is 0.133. The van der Waals surface area contributed by atoms with Crippen LogP contribution < -0.4 is 0 Å². The van der Waals surface area contributed by atoms with Crippen LogP contribution in [0.15, 0.2) is 49.9 Å². The molecule has 0 aliphatic carbocycles. The fraction of sp³-hybridized carbons (Fsp3) is 0. The number of phenols is 1. The number of phenolic OH excluding ortho intramolecular Hbond substituents is 1. The van der Waals surface area contributed by atoms with Gasteiger partial charge < -0.3 is 5.11 Å². The number of benzene rings is 2. The monoisotopic (exact) mass is 298 g/mol. The maximum absolute atomic E-state index is 10.0. The summed E-state index contributed by atoms with van der Waals surface area (Å²) in [6, 6.07) is 8.98. The number of rotatable bonds is 1. The highest BCUT2D eigenvalue weighted by Gasteiger charge is 2.13. The number of hydrogen-bond donors (Lipinski definition) is 5. The molecule has 1 N–H and O–H groups in total. The molecule has 0 amide bonds. The summed E-state index contributed by atoms with van der Waals surface area (Å²) < 4.78 is 0. The van der Waals surface area contributed by atoms with E-state index in [1.807, 2.05) is 24.3 Å². The summed E-state index contributed by atoms with van der Waals surface area (Å²) in [5, 5.41) is 10.0. The second kappa shape index (κ2) is 5.10. The zero-order chi connectivity index (χ0) is 12.6. The Morgan fingerprint density at radius 2 is 1.41 bits per heavy atom. The maximum atomic E-state index is 10.0. The van der Waals surface area contributed by atoms with Crippen LogP contribution in [0.1, 0.15) is 0 Å². The van der Waals surface area contributed by atoms with Crippen molar-refractivity contribution < 1.29 is 5.11 Å². The molecule has 0 spiro atoms. The van der Waals surface area contributed by atoms with Gasteiger partial charge in [-0.3, -0.25) is 0 Å². The van der Waals surface area contributed by atoms with E-state index in [9.17, 15) is 5.11 Å². The lowest BCUT2D eigenvalue weighted by molar-refractivity contribution is 0.464. The molecule has 0 aliphatic rings. The van der Waals surface area contributed by atoms with E-state index >= 15 is 0 Å². The predicted octanol–water partition coefficient (Wildman–Crippen LogP) is 4.21. The third kappa shape index (κ3) is 2.57. The SMILES string of the molecule is Oc1c(S)cccc1-c1c(S)cc(S)cc1S. The van der Waals surface area contributed by atoms with Gasteiger partial charge in [0.05, 0.1) is 0 Å². The minimum atomic E-state index is 0.133. The molecule has 0 saturated carbocycles. The smallest absolute Gasteiger partial charge is 0.136 e. The van der Waals surface area contributed by atoms with Crippen LogP contribution in [0.4, 0.5) is 0 Å². The van der Waals surface area contributed by atoms with Crippen molar-refractivity contribution in [2.24, 2.45) is 0 Å². The normalized spacial score (nSPS) is 10.6. The Morgan fingerprint density at radius 3 is 2.00 bits per heavy atom. The first-order valence-electron chi connectivity index (χ1n) is 4.77. The Hall–Kier alpha value is -0.360. The predicted molar refractivity (Wildman–Crippen MR) is 82.6 cm³/mol. The second-order valence-corrected chi connectivity index (χ2v) is 5.49. The average Bonchev–Trinajstić information content (AvgIpc) is 2.23.